The number of benzene rings is 2. The molecule has 1 saturated carbocycles. The molecule has 1 heterocycles. The van der Waals surface area contributed by atoms with Crippen LogP contribution in [0.1, 0.15) is 50.5 Å². The summed E-state index contributed by atoms with van der Waals surface area (Å²) in [5.74, 6) is 0.623. The topological polar surface area (TPSA) is 75.2 Å². The van der Waals surface area contributed by atoms with Crippen LogP contribution >= 0.6 is 27.3 Å². The maximum absolute atomic E-state index is 13.0. The monoisotopic (exact) mass is 540 g/mol. The Bertz CT molecular complexity index is 1100. The fourth-order valence-corrected chi connectivity index (χ4v) is 5.47. The number of anilines is 1. The highest BCUT2D eigenvalue weighted by atomic mass is 79.9. The van der Waals surface area contributed by atoms with Crippen molar-refractivity contribution in [3.05, 3.63) is 64.6 Å². The van der Waals surface area contributed by atoms with Crippen LogP contribution in [0.15, 0.2) is 59.1 Å². The van der Waals surface area contributed by atoms with Crippen molar-refractivity contribution in [1.29, 1.82) is 0 Å². The fraction of sp³-hybridized carbons (Fsp3) is 0.385. The number of carbonyl (C=O) groups is 2. The molecular weight excluding hydrogens is 512 g/mol. The van der Waals surface area contributed by atoms with E-state index in [1.165, 1.54) is 37.0 Å². The number of hydrogen-bond donors (Lipinski definition) is 1. The molecule has 1 aromatic heterocycles. The molecule has 1 aliphatic rings. The molecule has 0 saturated heterocycles. The van der Waals surface area contributed by atoms with Crippen LogP contribution in [0.3, 0.4) is 0 Å². The molecule has 1 N–H and O–H groups in total. The molecule has 178 valence electrons. The Morgan fingerprint density at radius 1 is 1.03 bits per heavy atom. The van der Waals surface area contributed by atoms with Gasteiger partial charge in [0.1, 0.15) is 5.01 Å². The zero-order chi connectivity index (χ0) is 23.8. The van der Waals surface area contributed by atoms with Gasteiger partial charge < -0.3 is 10.2 Å². The highest BCUT2D eigenvalue weighted by Gasteiger charge is 2.20. The van der Waals surface area contributed by atoms with E-state index in [9.17, 15) is 9.59 Å². The minimum atomic E-state index is -0.168. The molecule has 4 rings (SSSR count). The van der Waals surface area contributed by atoms with Crippen molar-refractivity contribution >= 4 is 44.2 Å². The van der Waals surface area contributed by atoms with E-state index in [2.05, 4.69) is 31.4 Å². The molecule has 8 heteroatoms. The Kier molecular flexibility index (Phi) is 8.82. The number of nitrogens with one attached hydrogen (secondary N) is 1. The third-order valence-electron chi connectivity index (χ3n) is 6.16. The first-order chi connectivity index (χ1) is 16.6. The molecule has 0 atom stereocenters. The van der Waals surface area contributed by atoms with Crippen LogP contribution in [0.25, 0.3) is 10.6 Å². The van der Waals surface area contributed by atoms with Gasteiger partial charge >= 0.3 is 0 Å². The summed E-state index contributed by atoms with van der Waals surface area (Å²) < 4.78 is 0.960. The molecule has 2 aromatic carbocycles. The number of nitrogens with zero attached hydrogens (tertiary/aromatic N) is 3. The maximum atomic E-state index is 13.0. The summed E-state index contributed by atoms with van der Waals surface area (Å²) in [6.07, 6.45) is 6.73. The van der Waals surface area contributed by atoms with Crippen LogP contribution in [0.4, 0.5) is 5.13 Å². The molecule has 2 amide bonds. The first kappa shape index (κ1) is 24.5. The maximum Gasteiger partial charge on any atom is 0.227 e. The number of rotatable bonds is 10. The molecule has 34 heavy (non-hydrogen) atoms. The summed E-state index contributed by atoms with van der Waals surface area (Å²) >= 11 is 4.79. The average molecular weight is 542 g/mol. The zero-order valence-electron chi connectivity index (χ0n) is 19.1. The lowest BCUT2D eigenvalue weighted by Crippen LogP contribution is -2.33. The zero-order valence-corrected chi connectivity index (χ0v) is 21.5. The fourth-order valence-electron chi connectivity index (χ4n) is 4.31. The summed E-state index contributed by atoms with van der Waals surface area (Å²) in [6, 6.07) is 17.7. The van der Waals surface area contributed by atoms with Gasteiger partial charge in [0, 0.05) is 36.0 Å². The second-order valence-corrected chi connectivity index (χ2v) is 10.6. The van der Waals surface area contributed by atoms with Crippen molar-refractivity contribution in [2.75, 3.05) is 11.9 Å². The second-order valence-electron chi connectivity index (χ2n) is 8.71. The molecule has 0 bridgehead atoms. The van der Waals surface area contributed by atoms with E-state index in [-0.39, 0.29) is 18.2 Å². The van der Waals surface area contributed by atoms with Crippen molar-refractivity contribution in [3.63, 3.8) is 0 Å². The lowest BCUT2D eigenvalue weighted by molar-refractivity contribution is -0.132. The van der Waals surface area contributed by atoms with Gasteiger partial charge in [-0.2, -0.15) is 0 Å². The lowest BCUT2D eigenvalue weighted by atomic mass is 10.0. The molecule has 3 aromatic rings. The van der Waals surface area contributed by atoms with Crippen LogP contribution < -0.4 is 5.32 Å². The first-order valence-corrected chi connectivity index (χ1v) is 13.4. The van der Waals surface area contributed by atoms with Crippen LogP contribution in [-0.4, -0.2) is 33.5 Å². The van der Waals surface area contributed by atoms with E-state index in [4.69, 9.17) is 0 Å². The first-order valence-electron chi connectivity index (χ1n) is 11.8. The molecule has 6 nitrogen and oxygen atoms in total. The van der Waals surface area contributed by atoms with E-state index in [1.807, 2.05) is 59.5 Å². The molecular formula is C26H29BrN4O2S. The number of carbonyl (C=O) groups excluding carboxylic acids is 2. The Labute approximate surface area is 212 Å². The number of hydrogen-bond acceptors (Lipinski definition) is 5. The number of amides is 2. The van der Waals surface area contributed by atoms with Crippen LogP contribution in [0.5, 0.6) is 0 Å². The molecule has 1 fully saturated rings. The van der Waals surface area contributed by atoms with Crippen LogP contribution in [0, 0.1) is 5.92 Å². The van der Waals surface area contributed by atoms with E-state index >= 15 is 0 Å². The summed E-state index contributed by atoms with van der Waals surface area (Å²) in [5.41, 5.74) is 2.01. The van der Waals surface area contributed by atoms with Gasteiger partial charge in [-0.25, -0.2) is 0 Å². The predicted octanol–water partition coefficient (Wildman–Crippen LogP) is 6.30. The minimum absolute atomic E-state index is 0.122. The van der Waals surface area contributed by atoms with Gasteiger partial charge in [-0.15, -0.1) is 10.2 Å². The van der Waals surface area contributed by atoms with Crippen molar-refractivity contribution in [3.8, 4) is 10.6 Å². The van der Waals surface area contributed by atoms with Gasteiger partial charge in [0.05, 0.1) is 0 Å². The van der Waals surface area contributed by atoms with Crippen molar-refractivity contribution < 1.29 is 9.59 Å². The van der Waals surface area contributed by atoms with Gasteiger partial charge in [0.2, 0.25) is 16.9 Å². The third-order valence-corrected chi connectivity index (χ3v) is 7.54. The Morgan fingerprint density at radius 2 is 1.82 bits per heavy atom. The largest absolute Gasteiger partial charge is 0.338 e. The molecule has 0 unspecified atom stereocenters. The van der Waals surface area contributed by atoms with Gasteiger partial charge in [0.25, 0.3) is 0 Å². The SMILES string of the molecule is O=C(CCN(Cc1ccccc1)C(=O)CCC1CCCC1)Nc1nnc(-c2cccc(Br)c2)s1. The lowest BCUT2D eigenvalue weighted by Gasteiger charge is -2.23. The second kappa shape index (κ2) is 12.2. The van der Waals surface area contributed by atoms with Gasteiger partial charge in [-0.1, -0.05) is 95.4 Å². The Balaban J connectivity index is 1.33. The molecule has 0 radical (unpaired) electrons. The Morgan fingerprint density at radius 3 is 2.59 bits per heavy atom. The minimum Gasteiger partial charge on any atom is -0.338 e. The van der Waals surface area contributed by atoms with E-state index < -0.39 is 0 Å². The van der Waals surface area contributed by atoms with Gasteiger partial charge in [0.15, 0.2) is 0 Å². The van der Waals surface area contributed by atoms with Crippen molar-refractivity contribution in [2.45, 2.75) is 51.5 Å². The van der Waals surface area contributed by atoms with E-state index in [0.717, 1.165) is 27.0 Å². The predicted molar refractivity (Wildman–Crippen MR) is 139 cm³/mol. The quantitative estimate of drug-likeness (QED) is 0.327. The normalized spacial score (nSPS) is 13.7. The van der Waals surface area contributed by atoms with Gasteiger partial charge in [-0.05, 0) is 30.0 Å². The average Bonchev–Trinajstić information content (AvgIpc) is 3.53. The summed E-state index contributed by atoms with van der Waals surface area (Å²) in [4.78, 5) is 27.5. The summed E-state index contributed by atoms with van der Waals surface area (Å²) in [6.45, 7) is 0.894. The molecule has 0 spiro atoms. The van der Waals surface area contributed by atoms with Crippen molar-refractivity contribution in [2.24, 2.45) is 5.92 Å². The highest BCUT2D eigenvalue weighted by Crippen LogP contribution is 2.29. The van der Waals surface area contributed by atoms with E-state index in [1.54, 1.807) is 0 Å². The molecule has 0 aliphatic heterocycles. The number of aromatic nitrogens is 2. The number of halogens is 1. The summed E-state index contributed by atoms with van der Waals surface area (Å²) in [7, 11) is 0. The van der Waals surface area contributed by atoms with Gasteiger partial charge in [-0.3, -0.25) is 9.59 Å². The standard InChI is InChI=1S/C26H29BrN4O2S/c27-22-12-6-11-21(17-22)25-29-30-26(34-25)28-23(32)15-16-31(18-20-9-2-1-3-10-20)24(33)14-13-19-7-4-5-8-19/h1-3,6,9-12,17,19H,4-5,7-8,13-16,18H2,(H,28,30,32). The summed E-state index contributed by atoms with van der Waals surface area (Å²) in [5, 5.41) is 12.3. The van der Waals surface area contributed by atoms with Crippen LogP contribution in [-0.2, 0) is 16.1 Å². The third kappa shape index (κ3) is 7.21. The van der Waals surface area contributed by atoms with Crippen molar-refractivity contribution in [1.82, 2.24) is 15.1 Å². The van der Waals surface area contributed by atoms with Crippen LogP contribution in [0.2, 0.25) is 0 Å². The Hall–Kier alpha value is -2.58. The van der Waals surface area contributed by atoms with E-state index in [0.29, 0.717) is 30.6 Å². The molecule has 1 aliphatic carbocycles. The smallest absolute Gasteiger partial charge is 0.227 e. The highest BCUT2D eigenvalue weighted by molar-refractivity contribution is 9.10.